The minimum absolute atomic E-state index is 0.143. The lowest BCUT2D eigenvalue weighted by molar-refractivity contribution is -0.116. The summed E-state index contributed by atoms with van der Waals surface area (Å²) in [6.07, 6.45) is 0.750. The number of aryl methyl sites for hydroxylation is 1. The lowest BCUT2D eigenvalue weighted by atomic mass is 10.1. The fourth-order valence-corrected chi connectivity index (χ4v) is 3.00. The van der Waals surface area contributed by atoms with Gasteiger partial charge in [0.1, 0.15) is 11.5 Å². The Labute approximate surface area is 175 Å². The van der Waals surface area contributed by atoms with Gasteiger partial charge in [0.25, 0.3) is 5.56 Å². The molecule has 1 heterocycles. The Morgan fingerprint density at radius 2 is 1.83 bits per heavy atom. The number of anilines is 1. The average molecular weight is 407 g/mol. The van der Waals surface area contributed by atoms with Crippen molar-refractivity contribution in [2.45, 2.75) is 26.3 Å². The topological polar surface area (TPSA) is 82.5 Å². The molecule has 3 rings (SSSR count). The number of rotatable bonds is 9. The van der Waals surface area contributed by atoms with Crippen LogP contribution in [0.25, 0.3) is 11.3 Å². The fourth-order valence-electron chi connectivity index (χ4n) is 3.00. The number of carbonyl (C=O) groups excluding carboxylic acids is 1. The summed E-state index contributed by atoms with van der Waals surface area (Å²) in [5, 5.41) is 7.27. The van der Waals surface area contributed by atoms with Crippen LogP contribution in [0.15, 0.2) is 65.5 Å². The van der Waals surface area contributed by atoms with E-state index in [0.717, 1.165) is 11.3 Å². The van der Waals surface area contributed by atoms with Crippen molar-refractivity contribution in [2.75, 3.05) is 19.0 Å². The Kier molecular flexibility index (Phi) is 7.21. The van der Waals surface area contributed by atoms with Crippen LogP contribution in [0.5, 0.6) is 11.5 Å². The van der Waals surface area contributed by atoms with E-state index >= 15 is 0 Å². The second kappa shape index (κ2) is 10.2. The summed E-state index contributed by atoms with van der Waals surface area (Å²) in [4.78, 5) is 24.4. The van der Waals surface area contributed by atoms with Crippen LogP contribution in [0.4, 0.5) is 5.69 Å². The van der Waals surface area contributed by atoms with Crippen molar-refractivity contribution < 1.29 is 14.3 Å². The number of benzene rings is 2. The summed E-state index contributed by atoms with van der Waals surface area (Å²) in [6.45, 7) is 2.89. The smallest absolute Gasteiger partial charge is 0.266 e. The average Bonchev–Trinajstić information content (AvgIpc) is 2.76. The molecular weight excluding hydrogens is 382 g/mol. The summed E-state index contributed by atoms with van der Waals surface area (Å²) >= 11 is 0. The van der Waals surface area contributed by atoms with E-state index in [1.54, 1.807) is 25.3 Å². The number of methoxy groups -OCH3 is 1. The molecule has 0 saturated carbocycles. The maximum Gasteiger partial charge on any atom is 0.266 e. The third-order valence-electron chi connectivity index (χ3n) is 4.48. The SMILES string of the molecule is CCOc1ccc(-c2ccc(=O)n(CCCC(=O)Nc3ccccc3OC)n2)cc1. The van der Waals surface area contributed by atoms with Gasteiger partial charge in [-0.2, -0.15) is 5.10 Å². The van der Waals surface area contributed by atoms with Crippen molar-refractivity contribution >= 4 is 11.6 Å². The molecule has 2 aromatic carbocycles. The summed E-state index contributed by atoms with van der Waals surface area (Å²) in [5.41, 5.74) is 2.00. The molecule has 0 fully saturated rings. The molecule has 1 amide bonds. The number of para-hydroxylation sites is 2. The van der Waals surface area contributed by atoms with E-state index in [4.69, 9.17) is 9.47 Å². The third-order valence-corrected chi connectivity index (χ3v) is 4.48. The molecule has 0 aliphatic heterocycles. The monoisotopic (exact) mass is 407 g/mol. The molecule has 0 aliphatic carbocycles. The molecule has 0 bridgehead atoms. The molecule has 1 N–H and O–H groups in total. The fraction of sp³-hybridized carbons (Fsp3) is 0.261. The first-order valence-corrected chi connectivity index (χ1v) is 9.85. The summed E-state index contributed by atoms with van der Waals surface area (Å²) < 4.78 is 12.1. The molecule has 0 spiro atoms. The molecule has 30 heavy (non-hydrogen) atoms. The van der Waals surface area contributed by atoms with E-state index in [1.165, 1.54) is 10.7 Å². The normalized spacial score (nSPS) is 10.5. The summed E-state index contributed by atoms with van der Waals surface area (Å²) in [5.74, 6) is 1.25. The van der Waals surface area contributed by atoms with Gasteiger partial charge in [-0.25, -0.2) is 4.68 Å². The van der Waals surface area contributed by atoms with Gasteiger partial charge >= 0.3 is 0 Å². The van der Waals surface area contributed by atoms with E-state index in [9.17, 15) is 9.59 Å². The number of aromatic nitrogens is 2. The number of nitrogens with zero attached hydrogens (tertiary/aromatic N) is 2. The first-order chi connectivity index (χ1) is 14.6. The zero-order valence-corrected chi connectivity index (χ0v) is 17.1. The highest BCUT2D eigenvalue weighted by atomic mass is 16.5. The Balaban J connectivity index is 1.60. The Bertz CT molecular complexity index is 1040. The van der Waals surface area contributed by atoms with Gasteiger partial charge in [0.05, 0.1) is 25.1 Å². The maximum absolute atomic E-state index is 12.2. The lowest BCUT2D eigenvalue weighted by Crippen LogP contribution is -2.23. The van der Waals surface area contributed by atoms with Crippen LogP contribution in [0, 0.1) is 0 Å². The zero-order valence-electron chi connectivity index (χ0n) is 17.1. The molecule has 0 aliphatic rings. The van der Waals surface area contributed by atoms with E-state index in [-0.39, 0.29) is 17.9 Å². The highest BCUT2D eigenvalue weighted by Crippen LogP contribution is 2.23. The minimum Gasteiger partial charge on any atom is -0.495 e. The van der Waals surface area contributed by atoms with Gasteiger partial charge in [0.15, 0.2) is 0 Å². The van der Waals surface area contributed by atoms with Gasteiger partial charge in [0.2, 0.25) is 5.91 Å². The first kappa shape index (κ1) is 21.1. The van der Waals surface area contributed by atoms with Gasteiger partial charge in [-0.3, -0.25) is 9.59 Å². The highest BCUT2D eigenvalue weighted by molar-refractivity contribution is 5.92. The molecule has 1 aromatic heterocycles. The maximum atomic E-state index is 12.2. The predicted octanol–water partition coefficient (Wildman–Crippen LogP) is 3.74. The molecule has 0 atom stereocenters. The quantitative estimate of drug-likeness (QED) is 0.584. The second-order valence-electron chi connectivity index (χ2n) is 6.59. The second-order valence-corrected chi connectivity index (χ2v) is 6.59. The number of amides is 1. The first-order valence-electron chi connectivity index (χ1n) is 9.85. The highest BCUT2D eigenvalue weighted by Gasteiger charge is 2.08. The molecule has 0 radical (unpaired) electrons. The van der Waals surface area contributed by atoms with Crippen molar-refractivity contribution in [2.24, 2.45) is 0 Å². The lowest BCUT2D eigenvalue weighted by Gasteiger charge is -2.10. The van der Waals surface area contributed by atoms with Crippen LogP contribution in [-0.2, 0) is 11.3 Å². The van der Waals surface area contributed by atoms with Crippen LogP contribution < -0.4 is 20.3 Å². The van der Waals surface area contributed by atoms with Gasteiger partial charge in [-0.05, 0) is 55.8 Å². The number of nitrogens with one attached hydrogen (secondary N) is 1. The van der Waals surface area contributed by atoms with Gasteiger partial charge < -0.3 is 14.8 Å². The Morgan fingerprint density at radius 3 is 2.57 bits per heavy atom. The number of carbonyl (C=O) groups is 1. The van der Waals surface area contributed by atoms with Gasteiger partial charge in [0, 0.05) is 24.6 Å². The van der Waals surface area contributed by atoms with E-state index in [0.29, 0.717) is 36.7 Å². The summed E-state index contributed by atoms with van der Waals surface area (Å²) in [7, 11) is 1.56. The van der Waals surface area contributed by atoms with Crippen LogP contribution in [-0.4, -0.2) is 29.4 Å². The molecule has 3 aromatic rings. The van der Waals surface area contributed by atoms with Crippen molar-refractivity contribution in [3.05, 3.63) is 71.0 Å². The van der Waals surface area contributed by atoms with Crippen molar-refractivity contribution in [1.29, 1.82) is 0 Å². The third kappa shape index (κ3) is 5.47. The Hall–Kier alpha value is -3.61. The number of hydrogen-bond donors (Lipinski definition) is 1. The van der Waals surface area contributed by atoms with E-state index in [1.807, 2.05) is 43.3 Å². The molecular formula is C23H25N3O4. The van der Waals surface area contributed by atoms with Crippen LogP contribution >= 0.6 is 0 Å². The van der Waals surface area contributed by atoms with E-state index in [2.05, 4.69) is 10.4 Å². The van der Waals surface area contributed by atoms with Crippen LogP contribution in [0.2, 0.25) is 0 Å². The molecule has 7 heteroatoms. The number of ether oxygens (including phenoxy) is 2. The predicted molar refractivity (Wildman–Crippen MR) is 116 cm³/mol. The Morgan fingerprint density at radius 1 is 1.07 bits per heavy atom. The molecule has 7 nitrogen and oxygen atoms in total. The summed E-state index contributed by atoms with van der Waals surface area (Å²) in [6, 6.07) is 18.0. The van der Waals surface area contributed by atoms with Crippen molar-refractivity contribution in [3.63, 3.8) is 0 Å². The van der Waals surface area contributed by atoms with Crippen molar-refractivity contribution in [1.82, 2.24) is 9.78 Å². The van der Waals surface area contributed by atoms with Crippen molar-refractivity contribution in [3.8, 4) is 22.8 Å². The van der Waals surface area contributed by atoms with Gasteiger partial charge in [-0.15, -0.1) is 0 Å². The minimum atomic E-state index is -0.199. The zero-order chi connectivity index (χ0) is 21.3. The number of hydrogen-bond acceptors (Lipinski definition) is 5. The molecule has 0 unspecified atom stereocenters. The van der Waals surface area contributed by atoms with Gasteiger partial charge in [-0.1, -0.05) is 12.1 Å². The molecule has 156 valence electrons. The standard InChI is InChI=1S/C23H25N3O4/c1-3-30-18-12-10-17(11-13-18)19-14-15-23(28)26(25-19)16-6-9-22(27)24-20-7-4-5-8-21(20)29-2/h4-5,7-8,10-15H,3,6,9,16H2,1-2H3,(H,24,27). The van der Waals surface area contributed by atoms with Crippen LogP contribution in [0.1, 0.15) is 19.8 Å². The largest absolute Gasteiger partial charge is 0.495 e. The van der Waals surface area contributed by atoms with Crippen LogP contribution in [0.3, 0.4) is 0 Å². The molecule has 0 saturated heterocycles. The van der Waals surface area contributed by atoms with E-state index < -0.39 is 0 Å².